The molecule has 2 aromatic carbocycles. The molecule has 0 bridgehead atoms. The molecule has 1 aliphatic heterocycles. The van der Waals surface area contributed by atoms with Gasteiger partial charge < -0.3 is 10.6 Å². The van der Waals surface area contributed by atoms with Crippen LogP contribution in [0, 0.1) is 6.92 Å². The Bertz CT molecular complexity index is 1160. The van der Waals surface area contributed by atoms with E-state index in [0.29, 0.717) is 21.7 Å². The second kappa shape index (κ2) is 9.79. The Balaban J connectivity index is 1.72. The third-order valence-electron chi connectivity index (χ3n) is 5.27. The highest BCUT2D eigenvalue weighted by molar-refractivity contribution is 7.99. The third kappa shape index (κ3) is 4.84. The Morgan fingerprint density at radius 3 is 2.72 bits per heavy atom. The Morgan fingerprint density at radius 2 is 2.00 bits per heavy atom. The van der Waals surface area contributed by atoms with E-state index < -0.39 is 6.04 Å². The van der Waals surface area contributed by atoms with Crippen molar-refractivity contribution in [3.63, 3.8) is 0 Å². The van der Waals surface area contributed by atoms with Crippen molar-refractivity contribution >= 4 is 40.9 Å². The first-order valence-electron chi connectivity index (χ1n) is 10.7. The van der Waals surface area contributed by atoms with Gasteiger partial charge in [0, 0.05) is 22.2 Å². The van der Waals surface area contributed by atoms with Crippen LogP contribution in [0.5, 0.6) is 0 Å². The number of rotatable bonds is 7. The van der Waals surface area contributed by atoms with Crippen LogP contribution in [0.15, 0.2) is 65.0 Å². The summed E-state index contributed by atoms with van der Waals surface area (Å²) >= 11 is 7.76. The largest absolute Gasteiger partial charge is 0.328 e. The van der Waals surface area contributed by atoms with E-state index in [2.05, 4.69) is 22.5 Å². The highest BCUT2D eigenvalue weighted by atomic mass is 35.5. The van der Waals surface area contributed by atoms with Gasteiger partial charge in [-0.2, -0.15) is 4.98 Å². The second-order valence-electron chi connectivity index (χ2n) is 7.81. The van der Waals surface area contributed by atoms with E-state index >= 15 is 0 Å². The van der Waals surface area contributed by atoms with Crippen LogP contribution >= 0.6 is 23.4 Å². The van der Waals surface area contributed by atoms with Crippen LogP contribution in [-0.4, -0.2) is 26.4 Å². The Morgan fingerprint density at radius 1 is 1.22 bits per heavy atom. The average molecular weight is 468 g/mol. The summed E-state index contributed by atoms with van der Waals surface area (Å²) in [7, 11) is 0. The van der Waals surface area contributed by atoms with Gasteiger partial charge in [0.1, 0.15) is 6.04 Å². The van der Waals surface area contributed by atoms with Gasteiger partial charge in [-0.3, -0.25) is 4.79 Å². The molecular weight excluding hydrogens is 442 g/mol. The monoisotopic (exact) mass is 467 g/mol. The molecular formula is C24H26ClN5OS. The summed E-state index contributed by atoms with van der Waals surface area (Å²) in [5, 5.41) is 12.4. The molecule has 2 N–H and O–H groups in total. The molecule has 166 valence electrons. The van der Waals surface area contributed by atoms with Crippen LogP contribution in [0.25, 0.3) is 0 Å². The minimum atomic E-state index is -0.415. The first-order valence-corrected chi connectivity index (χ1v) is 12.0. The number of nitrogens with zero attached hydrogens (tertiary/aromatic N) is 3. The van der Waals surface area contributed by atoms with E-state index in [1.165, 1.54) is 0 Å². The maximum absolute atomic E-state index is 13.5. The molecule has 4 rings (SSSR count). The van der Waals surface area contributed by atoms with Gasteiger partial charge in [0.15, 0.2) is 0 Å². The van der Waals surface area contributed by atoms with Crippen molar-refractivity contribution in [1.29, 1.82) is 0 Å². The van der Waals surface area contributed by atoms with Gasteiger partial charge in [-0.05, 0) is 55.7 Å². The van der Waals surface area contributed by atoms with E-state index in [4.69, 9.17) is 16.7 Å². The molecule has 1 amide bonds. The molecule has 1 unspecified atom stereocenters. The lowest BCUT2D eigenvalue weighted by atomic mass is 9.95. The minimum absolute atomic E-state index is 0.179. The Kier molecular flexibility index (Phi) is 6.86. The van der Waals surface area contributed by atoms with E-state index in [9.17, 15) is 4.79 Å². The second-order valence-corrected chi connectivity index (χ2v) is 9.30. The van der Waals surface area contributed by atoms with E-state index in [0.717, 1.165) is 41.1 Å². The number of unbranched alkanes of at least 4 members (excludes halogenated alkanes) is 1. The van der Waals surface area contributed by atoms with E-state index in [1.807, 2.05) is 62.4 Å². The number of anilines is 2. The van der Waals surface area contributed by atoms with Crippen molar-refractivity contribution in [2.45, 2.75) is 44.8 Å². The Hall–Kier alpha value is -2.77. The van der Waals surface area contributed by atoms with Crippen LogP contribution in [0.1, 0.15) is 43.9 Å². The van der Waals surface area contributed by atoms with Crippen molar-refractivity contribution in [2.75, 3.05) is 16.4 Å². The summed E-state index contributed by atoms with van der Waals surface area (Å²) in [5.74, 6) is 1.41. The molecule has 3 aromatic rings. The number of carbonyl (C=O) groups excluding carboxylic acids is 1. The van der Waals surface area contributed by atoms with Crippen molar-refractivity contribution < 1.29 is 4.79 Å². The molecule has 1 atom stereocenters. The first kappa shape index (κ1) is 22.4. The summed E-state index contributed by atoms with van der Waals surface area (Å²) in [4.78, 5) is 18.1. The number of nitrogens with one attached hydrogen (secondary N) is 2. The number of aromatic nitrogens is 3. The molecule has 0 aliphatic carbocycles. The van der Waals surface area contributed by atoms with Crippen LogP contribution in [0.2, 0.25) is 5.02 Å². The van der Waals surface area contributed by atoms with Gasteiger partial charge in [0.25, 0.3) is 5.91 Å². The predicted octanol–water partition coefficient (Wildman–Crippen LogP) is 6.06. The van der Waals surface area contributed by atoms with Crippen LogP contribution in [0.4, 0.5) is 11.6 Å². The first-order chi connectivity index (χ1) is 15.5. The number of halogens is 1. The van der Waals surface area contributed by atoms with Gasteiger partial charge in [-0.25, -0.2) is 4.68 Å². The lowest BCUT2D eigenvalue weighted by Crippen LogP contribution is -2.31. The number of allylic oxidation sites excluding steroid dienone is 1. The molecule has 0 saturated carbocycles. The summed E-state index contributed by atoms with van der Waals surface area (Å²) in [5.41, 5.74) is 4.10. The van der Waals surface area contributed by atoms with Crippen molar-refractivity contribution in [1.82, 2.24) is 14.8 Å². The smallest absolute Gasteiger partial charge is 0.255 e. The maximum Gasteiger partial charge on any atom is 0.255 e. The van der Waals surface area contributed by atoms with Gasteiger partial charge in [-0.1, -0.05) is 61.0 Å². The van der Waals surface area contributed by atoms with E-state index in [-0.39, 0.29) is 5.91 Å². The van der Waals surface area contributed by atoms with Crippen LogP contribution in [0.3, 0.4) is 0 Å². The fraction of sp³-hybridized carbons (Fsp3) is 0.292. The number of amides is 1. The summed E-state index contributed by atoms with van der Waals surface area (Å²) in [6.45, 7) is 6.06. The summed E-state index contributed by atoms with van der Waals surface area (Å²) in [6, 6.07) is 14.9. The fourth-order valence-electron chi connectivity index (χ4n) is 3.67. The normalized spacial score (nSPS) is 15.3. The molecule has 6 nitrogen and oxygen atoms in total. The van der Waals surface area contributed by atoms with E-state index in [1.54, 1.807) is 16.4 Å². The van der Waals surface area contributed by atoms with Gasteiger partial charge in [0.2, 0.25) is 11.1 Å². The quantitative estimate of drug-likeness (QED) is 0.326. The molecule has 1 aromatic heterocycles. The number of aryl methyl sites for hydroxylation is 1. The lowest BCUT2D eigenvalue weighted by Gasteiger charge is -2.28. The van der Waals surface area contributed by atoms with Gasteiger partial charge in [0.05, 0.1) is 5.57 Å². The maximum atomic E-state index is 13.5. The molecule has 0 spiro atoms. The predicted molar refractivity (Wildman–Crippen MR) is 131 cm³/mol. The molecule has 0 radical (unpaired) electrons. The number of fused-ring (bicyclic) bond motifs is 1. The van der Waals surface area contributed by atoms with Crippen molar-refractivity contribution in [3.8, 4) is 0 Å². The van der Waals surface area contributed by atoms with Crippen molar-refractivity contribution in [3.05, 3.63) is 76.0 Å². The summed E-state index contributed by atoms with van der Waals surface area (Å²) < 4.78 is 1.80. The number of hydrogen-bond acceptors (Lipinski definition) is 5. The minimum Gasteiger partial charge on any atom is -0.328 e. The zero-order chi connectivity index (χ0) is 22.7. The molecule has 0 saturated heterocycles. The SMILES string of the molecule is CCCCSc1nc2n(n1)C(c1ccc(Cl)cc1)C(C(=O)Nc1cccc(C)c1)=C(C)N2. The number of carbonyl (C=O) groups is 1. The lowest BCUT2D eigenvalue weighted by molar-refractivity contribution is -0.113. The highest BCUT2D eigenvalue weighted by Gasteiger charge is 2.34. The number of thioether (sulfide) groups is 1. The number of benzene rings is 2. The third-order valence-corrected chi connectivity index (χ3v) is 6.44. The molecule has 0 fully saturated rings. The highest BCUT2D eigenvalue weighted by Crippen LogP contribution is 2.37. The van der Waals surface area contributed by atoms with Gasteiger partial charge >= 0.3 is 0 Å². The van der Waals surface area contributed by atoms with Gasteiger partial charge in [-0.15, -0.1) is 5.10 Å². The molecule has 1 aliphatic rings. The average Bonchev–Trinajstić information content (AvgIpc) is 3.16. The molecule has 32 heavy (non-hydrogen) atoms. The number of hydrogen-bond donors (Lipinski definition) is 2. The zero-order valence-corrected chi connectivity index (χ0v) is 19.9. The molecule has 2 heterocycles. The molecule has 8 heteroatoms. The van der Waals surface area contributed by atoms with Crippen LogP contribution < -0.4 is 10.6 Å². The summed E-state index contributed by atoms with van der Waals surface area (Å²) in [6.07, 6.45) is 2.22. The Labute approximate surface area is 197 Å². The standard InChI is InChI=1S/C24H26ClN5OS/c1-4-5-13-32-24-28-23-26-16(3)20(22(31)27-19-8-6-7-15(2)14-19)21(30(23)29-24)17-9-11-18(25)12-10-17/h6-12,14,21H,4-5,13H2,1-3H3,(H,27,31)(H,26,28,29). The van der Waals surface area contributed by atoms with Crippen LogP contribution in [-0.2, 0) is 4.79 Å². The van der Waals surface area contributed by atoms with Crippen molar-refractivity contribution in [2.24, 2.45) is 0 Å². The fourth-order valence-corrected chi connectivity index (χ4v) is 4.71. The topological polar surface area (TPSA) is 71.8 Å². The zero-order valence-electron chi connectivity index (χ0n) is 18.4.